The highest BCUT2D eigenvalue weighted by molar-refractivity contribution is 5.56. The first kappa shape index (κ1) is 10.5. The maximum absolute atomic E-state index is 8.18. The molecule has 2 heteroatoms. The summed E-state index contributed by atoms with van der Waals surface area (Å²) in [6.07, 6.45) is 3.60. The summed E-state index contributed by atoms with van der Waals surface area (Å²) in [5, 5.41) is 11.2. The molecule has 11 heavy (non-hydrogen) atoms. The van der Waals surface area contributed by atoms with Gasteiger partial charge in [-0.05, 0) is 24.2 Å². The number of hydrogen-bond acceptors (Lipinski definition) is 2. The average molecular weight is 157 g/mol. The second-order valence-electron chi connectivity index (χ2n) is 4.40. The Hall–Kier alpha value is -0.530. The molecule has 0 aliphatic heterocycles. The lowest BCUT2D eigenvalue weighted by Crippen LogP contribution is -2.11. The van der Waals surface area contributed by atoms with Gasteiger partial charge >= 0.3 is 0 Å². The molecule has 0 spiro atoms. The molecule has 0 aromatic heterocycles. The minimum Gasteiger partial charge on any atom is -0.411 e. The molecule has 2 nitrogen and oxygen atoms in total. The van der Waals surface area contributed by atoms with Gasteiger partial charge in [-0.15, -0.1) is 5.16 Å². The first-order valence-electron chi connectivity index (χ1n) is 4.11. The largest absolute Gasteiger partial charge is 0.411 e. The third kappa shape index (κ3) is 7.37. The van der Waals surface area contributed by atoms with Crippen molar-refractivity contribution in [2.75, 3.05) is 0 Å². The lowest BCUT2D eigenvalue weighted by molar-refractivity contribution is 0.303. The molecule has 0 aliphatic rings. The van der Waals surface area contributed by atoms with E-state index in [9.17, 15) is 0 Å². The summed E-state index contributed by atoms with van der Waals surface area (Å²) in [4.78, 5) is 0. The van der Waals surface area contributed by atoms with Crippen LogP contribution in [0.5, 0.6) is 0 Å². The summed E-state index contributed by atoms with van der Waals surface area (Å²) in [7, 11) is 0. The highest BCUT2D eigenvalue weighted by atomic mass is 16.4. The molecular formula is C9H19NO. The molecule has 0 heterocycles. The van der Waals surface area contributed by atoms with E-state index in [0.717, 1.165) is 6.42 Å². The van der Waals surface area contributed by atoms with Crippen LogP contribution in [-0.4, -0.2) is 11.4 Å². The van der Waals surface area contributed by atoms with Gasteiger partial charge in [0.25, 0.3) is 0 Å². The van der Waals surface area contributed by atoms with Gasteiger partial charge in [0.1, 0.15) is 0 Å². The van der Waals surface area contributed by atoms with Crippen molar-refractivity contribution in [2.24, 2.45) is 16.5 Å². The van der Waals surface area contributed by atoms with Crippen molar-refractivity contribution in [3.05, 3.63) is 0 Å². The van der Waals surface area contributed by atoms with Crippen LogP contribution in [-0.2, 0) is 0 Å². The molecule has 0 amide bonds. The van der Waals surface area contributed by atoms with Crippen molar-refractivity contribution < 1.29 is 5.21 Å². The number of rotatable bonds is 3. The van der Waals surface area contributed by atoms with E-state index in [0.29, 0.717) is 11.3 Å². The standard InChI is InChI=1S/C9H19NO/c1-8(5-6-10-11)7-9(2,3)4/h6,8,11H,5,7H2,1-4H3. The fourth-order valence-corrected chi connectivity index (χ4v) is 1.36. The van der Waals surface area contributed by atoms with Gasteiger partial charge in [0.2, 0.25) is 0 Å². The molecule has 0 bridgehead atoms. The van der Waals surface area contributed by atoms with E-state index >= 15 is 0 Å². The van der Waals surface area contributed by atoms with E-state index in [1.54, 1.807) is 6.21 Å². The van der Waals surface area contributed by atoms with E-state index in [1.165, 1.54) is 6.42 Å². The predicted octanol–water partition coefficient (Wildman–Crippen LogP) is 2.91. The van der Waals surface area contributed by atoms with E-state index in [1.807, 2.05) is 0 Å². The number of oxime groups is 1. The second-order valence-corrected chi connectivity index (χ2v) is 4.40. The third-order valence-corrected chi connectivity index (χ3v) is 1.55. The van der Waals surface area contributed by atoms with E-state index in [-0.39, 0.29) is 0 Å². The van der Waals surface area contributed by atoms with Crippen molar-refractivity contribution in [1.29, 1.82) is 0 Å². The van der Waals surface area contributed by atoms with Crippen molar-refractivity contribution in [2.45, 2.75) is 40.5 Å². The summed E-state index contributed by atoms with van der Waals surface area (Å²) in [6.45, 7) is 8.84. The molecule has 0 aliphatic carbocycles. The van der Waals surface area contributed by atoms with Crippen LogP contribution in [0.4, 0.5) is 0 Å². The topological polar surface area (TPSA) is 32.6 Å². The summed E-state index contributed by atoms with van der Waals surface area (Å²) in [6, 6.07) is 0. The van der Waals surface area contributed by atoms with Crippen molar-refractivity contribution in [3.63, 3.8) is 0 Å². The molecule has 0 saturated carbocycles. The van der Waals surface area contributed by atoms with Gasteiger partial charge in [0.15, 0.2) is 0 Å². The maximum Gasteiger partial charge on any atom is 0.0438 e. The molecule has 1 unspecified atom stereocenters. The van der Waals surface area contributed by atoms with Gasteiger partial charge in [0.05, 0.1) is 0 Å². The van der Waals surface area contributed by atoms with Gasteiger partial charge in [-0.3, -0.25) is 0 Å². The summed E-state index contributed by atoms with van der Waals surface area (Å²) < 4.78 is 0. The molecule has 0 aromatic carbocycles. The Kier molecular flexibility index (Phi) is 4.16. The Balaban J connectivity index is 3.60. The Morgan fingerprint density at radius 3 is 2.36 bits per heavy atom. The summed E-state index contributed by atoms with van der Waals surface area (Å²) >= 11 is 0. The minimum absolute atomic E-state index is 0.378. The third-order valence-electron chi connectivity index (χ3n) is 1.55. The molecule has 1 atom stereocenters. The zero-order valence-electron chi connectivity index (χ0n) is 7.96. The smallest absolute Gasteiger partial charge is 0.0438 e. The Morgan fingerprint density at radius 2 is 2.00 bits per heavy atom. The van der Waals surface area contributed by atoms with Crippen LogP contribution in [0.25, 0.3) is 0 Å². The molecule has 1 N–H and O–H groups in total. The lowest BCUT2D eigenvalue weighted by Gasteiger charge is -2.21. The normalized spacial score (nSPS) is 15.6. The first-order valence-corrected chi connectivity index (χ1v) is 4.11. The van der Waals surface area contributed by atoms with E-state index < -0.39 is 0 Å². The van der Waals surface area contributed by atoms with Crippen LogP contribution in [0.3, 0.4) is 0 Å². The molecule has 0 radical (unpaired) electrons. The van der Waals surface area contributed by atoms with Crippen molar-refractivity contribution >= 4 is 6.21 Å². The average Bonchev–Trinajstić information content (AvgIpc) is 1.79. The van der Waals surface area contributed by atoms with E-state index in [2.05, 4.69) is 32.9 Å². The monoisotopic (exact) mass is 157 g/mol. The van der Waals surface area contributed by atoms with Gasteiger partial charge in [-0.2, -0.15) is 0 Å². The summed E-state index contributed by atoms with van der Waals surface area (Å²) in [5.74, 6) is 0.603. The molecular weight excluding hydrogens is 138 g/mol. The zero-order valence-corrected chi connectivity index (χ0v) is 7.96. The van der Waals surface area contributed by atoms with Crippen LogP contribution in [0.2, 0.25) is 0 Å². The Morgan fingerprint density at radius 1 is 1.45 bits per heavy atom. The van der Waals surface area contributed by atoms with Gasteiger partial charge < -0.3 is 5.21 Å². The first-order chi connectivity index (χ1) is 4.95. The molecule has 0 fully saturated rings. The number of hydrogen-bond donors (Lipinski definition) is 1. The Bertz CT molecular complexity index is 124. The molecule has 66 valence electrons. The quantitative estimate of drug-likeness (QED) is 0.381. The van der Waals surface area contributed by atoms with Crippen LogP contribution < -0.4 is 0 Å². The predicted molar refractivity (Wildman–Crippen MR) is 48.1 cm³/mol. The Labute approximate surface area is 69.3 Å². The fourth-order valence-electron chi connectivity index (χ4n) is 1.36. The van der Waals surface area contributed by atoms with Crippen LogP contribution >= 0.6 is 0 Å². The zero-order chi connectivity index (χ0) is 8.91. The molecule has 0 aromatic rings. The van der Waals surface area contributed by atoms with Crippen molar-refractivity contribution in [1.82, 2.24) is 0 Å². The van der Waals surface area contributed by atoms with Gasteiger partial charge in [-0.1, -0.05) is 27.7 Å². The van der Waals surface area contributed by atoms with Crippen LogP contribution in [0, 0.1) is 11.3 Å². The van der Waals surface area contributed by atoms with Crippen LogP contribution in [0.1, 0.15) is 40.5 Å². The maximum atomic E-state index is 8.18. The fraction of sp³-hybridized carbons (Fsp3) is 0.889. The highest BCUT2D eigenvalue weighted by Crippen LogP contribution is 2.25. The second kappa shape index (κ2) is 4.37. The summed E-state index contributed by atoms with van der Waals surface area (Å²) in [5.41, 5.74) is 0.378. The minimum atomic E-state index is 0.378. The van der Waals surface area contributed by atoms with Crippen LogP contribution in [0.15, 0.2) is 5.16 Å². The van der Waals surface area contributed by atoms with E-state index in [4.69, 9.17) is 5.21 Å². The SMILES string of the molecule is CC(CC=NO)CC(C)(C)C. The molecule has 0 rings (SSSR count). The van der Waals surface area contributed by atoms with Gasteiger partial charge in [-0.25, -0.2) is 0 Å². The lowest BCUT2D eigenvalue weighted by atomic mass is 9.84. The van der Waals surface area contributed by atoms with Crippen molar-refractivity contribution in [3.8, 4) is 0 Å². The highest BCUT2D eigenvalue weighted by Gasteiger charge is 2.13. The van der Waals surface area contributed by atoms with Gasteiger partial charge in [0, 0.05) is 6.21 Å². The molecule has 0 saturated heterocycles. The number of nitrogens with zero attached hydrogens (tertiary/aromatic N) is 1.